The number of benzene rings is 1. The molecule has 1 aromatic heterocycles. The van der Waals surface area contributed by atoms with Gasteiger partial charge in [-0.15, -0.1) is 0 Å². The first kappa shape index (κ1) is 17.1. The highest BCUT2D eigenvalue weighted by atomic mass is 19.1. The van der Waals surface area contributed by atoms with E-state index < -0.39 is 11.7 Å². The van der Waals surface area contributed by atoms with Gasteiger partial charge in [-0.2, -0.15) is 5.10 Å². The number of amides is 1. The van der Waals surface area contributed by atoms with Crippen molar-refractivity contribution in [1.82, 2.24) is 15.1 Å². The smallest absolute Gasteiger partial charge is 0.248 e. The Hall–Kier alpha value is -3.35. The van der Waals surface area contributed by atoms with Crippen LogP contribution >= 0.6 is 0 Å². The van der Waals surface area contributed by atoms with Crippen LogP contribution in [0.4, 0.5) is 10.1 Å². The quantitative estimate of drug-likeness (QED) is 0.561. The van der Waals surface area contributed by atoms with Crippen LogP contribution in [0.1, 0.15) is 24.4 Å². The average molecular weight is 366 g/mol. The SMILES string of the molecule is O=C(/C=C/C1=C(c2cnn(C3CC3)c2)C=CNC1)Nc1ccc(O)cc1F. The van der Waals surface area contributed by atoms with Crippen LogP contribution in [-0.2, 0) is 4.79 Å². The summed E-state index contributed by atoms with van der Waals surface area (Å²) in [6.07, 6.45) is 13.1. The molecule has 6 nitrogen and oxygen atoms in total. The normalized spacial score (nSPS) is 16.6. The zero-order valence-electron chi connectivity index (χ0n) is 14.5. The molecule has 1 fully saturated rings. The first-order valence-electron chi connectivity index (χ1n) is 8.75. The van der Waals surface area contributed by atoms with Crippen molar-refractivity contribution in [3.8, 4) is 5.75 Å². The van der Waals surface area contributed by atoms with E-state index in [-0.39, 0.29) is 11.4 Å². The molecule has 1 aliphatic carbocycles. The number of phenolic OH excluding ortho intramolecular Hbond substituents is 1. The molecule has 1 amide bonds. The van der Waals surface area contributed by atoms with Crippen molar-refractivity contribution < 1.29 is 14.3 Å². The van der Waals surface area contributed by atoms with Crippen molar-refractivity contribution in [2.24, 2.45) is 0 Å². The standard InChI is InChI=1S/C20H19FN4O2/c21-18-9-16(26)4-5-19(18)24-20(27)6-1-13-10-22-8-7-17(13)14-11-23-25(12-14)15-2-3-15/h1,4-9,11-12,15,22,26H,2-3,10H2,(H,24,27)/b6-1+. The summed E-state index contributed by atoms with van der Waals surface area (Å²) in [6, 6.07) is 4.09. The number of carbonyl (C=O) groups excluding carboxylic acids is 1. The molecule has 0 radical (unpaired) electrons. The number of allylic oxidation sites excluding steroid dienone is 2. The van der Waals surface area contributed by atoms with Gasteiger partial charge in [-0.3, -0.25) is 9.48 Å². The molecule has 0 saturated heterocycles. The Balaban J connectivity index is 1.51. The Kier molecular flexibility index (Phi) is 4.50. The van der Waals surface area contributed by atoms with Gasteiger partial charge >= 0.3 is 0 Å². The molecule has 2 heterocycles. The fourth-order valence-electron chi connectivity index (χ4n) is 2.92. The van der Waals surface area contributed by atoms with Gasteiger partial charge in [0.2, 0.25) is 5.91 Å². The number of rotatable bonds is 5. The number of nitrogens with one attached hydrogen (secondary N) is 2. The number of aromatic hydroxyl groups is 1. The Morgan fingerprint density at radius 1 is 1.41 bits per heavy atom. The second kappa shape index (κ2) is 7.11. The molecular weight excluding hydrogens is 347 g/mol. The van der Waals surface area contributed by atoms with Crippen LogP contribution in [-0.4, -0.2) is 27.3 Å². The van der Waals surface area contributed by atoms with Crippen LogP contribution in [0.15, 0.2) is 60.6 Å². The molecule has 2 aliphatic rings. The number of dihydropyridines is 1. The number of aromatic nitrogens is 2. The number of halogens is 1. The zero-order valence-corrected chi connectivity index (χ0v) is 14.5. The van der Waals surface area contributed by atoms with Gasteiger partial charge in [0.1, 0.15) is 11.6 Å². The molecule has 0 unspecified atom stereocenters. The highest BCUT2D eigenvalue weighted by molar-refractivity contribution is 6.00. The molecule has 4 rings (SSSR count). The molecule has 1 aliphatic heterocycles. The highest BCUT2D eigenvalue weighted by Crippen LogP contribution is 2.35. The monoisotopic (exact) mass is 366 g/mol. The van der Waals surface area contributed by atoms with Crippen LogP contribution in [0.25, 0.3) is 5.57 Å². The van der Waals surface area contributed by atoms with E-state index in [1.807, 2.05) is 29.4 Å². The maximum atomic E-state index is 13.7. The first-order chi connectivity index (χ1) is 13.1. The molecule has 138 valence electrons. The predicted octanol–water partition coefficient (Wildman–Crippen LogP) is 3.13. The second-order valence-electron chi connectivity index (χ2n) is 6.58. The molecular formula is C20H19FN4O2. The van der Waals surface area contributed by atoms with Gasteiger partial charge in [-0.1, -0.05) is 6.08 Å². The summed E-state index contributed by atoms with van der Waals surface area (Å²) in [5, 5.41) is 19.2. The third-order valence-electron chi connectivity index (χ3n) is 4.49. The molecule has 1 saturated carbocycles. The van der Waals surface area contributed by atoms with E-state index in [0.29, 0.717) is 12.6 Å². The lowest BCUT2D eigenvalue weighted by atomic mass is 10.00. The Bertz CT molecular complexity index is 970. The van der Waals surface area contributed by atoms with Crippen LogP contribution < -0.4 is 10.6 Å². The van der Waals surface area contributed by atoms with Crippen LogP contribution in [0.3, 0.4) is 0 Å². The number of hydrogen-bond donors (Lipinski definition) is 3. The third kappa shape index (κ3) is 3.92. The molecule has 1 aromatic carbocycles. The predicted molar refractivity (Wildman–Crippen MR) is 100 cm³/mol. The largest absolute Gasteiger partial charge is 0.508 e. The lowest BCUT2D eigenvalue weighted by Crippen LogP contribution is -2.15. The first-order valence-corrected chi connectivity index (χ1v) is 8.75. The lowest BCUT2D eigenvalue weighted by molar-refractivity contribution is -0.111. The Morgan fingerprint density at radius 3 is 3.04 bits per heavy atom. The van der Waals surface area contributed by atoms with Gasteiger partial charge in [0.05, 0.1) is 17.9 Å². The van der Waals surface area contributed by atoms with Crippen molar-refractivity contribution in [3.05, 3.63) is 72.0 Å². The van der Waals surface area contributed by atoms with Gasteiger partial charge < -0.3 is 15.7 Å². The number of hydrogen-bond acceptors (Lipinski definition) is 4. The molecule has 0 spiro atoms. The highest BCUT2D eigenvalue weighted by Gasteiger charge is 2.24. The molecule has 7 heteroatoms. The van der Waals surface area contributed by atoms with Crippen molar-refractivity contribution in [1.29, 1.82) is 0 Å². The Labute approximate surface area is 155 Å². The molecule has 2 aromatic rings. The van der Waals surface area contributed by atoms with E-state index in [9.17, 15) is 14.3 Å². The van der Waals surface area contributed by atoms with E-state index in [1.54, 1.807) is 6.08 Å². The number of nitrogens with zero attached hydrogens (tertiary/aromatic N) is 2. The van der Waals surface area contributed by atoms with Gasteiger partial charge in [0, 0.05) is 30.4 Å². The summed E-state index contributed by atoms with van der Waals surface area (Å²) < 4.78 is 15.7. The topological polar surface area (TPSA) is 79.2 Å². The van der Waals surface area contributed by atoms with E-state index in [0.717, 1.165) is 35.6 Å². The van der Waals surface area contributed by atoms with Crippen molar-refractivity contribution in [2.75, 3.05) is 11.9 Å². The van der Waals surface area contributed by atoms with Crippen LogP contribution in [0, 0.1) is 5.82 Å². The van der Waals surface area contributed by atoms with Gasteiger partial charge in [0.25, 0.3) is 0 Å². The van der Waals surface area contributed by atoms with Crippen molar-refractivity contribution in [2.45, 2.75) is 18.9 Å². The summed E-state index contributed by atoms with van der Waals surface area (Å²) in [5.41, 5.74) is 2.96. The third-order valence-corrected chi connectivity index (χ3v) is 4.49. The van der Waals surface area contributed by atoms with Crippen LogP contribution in [0.5, 0.6) is 5.75 Å². The number of carbonyl (C=O) groups is 1. The minimum Gasteiger partial charge on any atom is -0.508 e. The molecule has 27 heavy (non-hydrogen) atoms. The van der Waals surface area contributed by atoms with Gasteiger partial charge in [0.15, 0.2) is 0 Å². The summed E-state index contributed by atoms with van der Waals surface area (Å²) in [4.78, 5) is 12.1. The minimum absolute atomic E-state index is 0.0176. The van der Waals surface area contributed by atoms with E-state index in [1.165, 1.54) is 18.2 Å². The second-order valence-corrected chi connectivity index (χ2v) is 6.58. The fraction of sp³-hybridized carbons (Fsp3) is 0.200. The zero-order chi connectivity index (χ0) is 18.8. The van der Waals surface area contributed by atoms with Crippen LogP contribution in [0.2, 0.25) is 0 Å². The summed E-state index contributed by atoms with van der Waals surface area (Å²) in [5.74, 6) is -1.33. The molecule has 0 bridgehead atoms. The van der Waals surface area contributed by atoms with Gasteiger partial charge in [-0.05, 0) is 48.4 Å². The maximum Gasteiger partial charge on any atom is 0.248 e. The number of phenols is 1. The average Bonchev–Trinajstić information content (AvgIpc) is 3.40. The van der Waals surface area contributed by atoms with E-state index in [2.05, 4.69) is 15.7 Å². The summed E-state index contributed by atoms with van der Waals surface area (Å²) in [6.45, 7) is 0.581. The summed E-state index contributed by atoms with van der Waals surface area (Å²) >= 11 is 0. The molecule has 3 N–H and O–H groups in total. The lowest BCUT2D eigenvalue weighted by Gasteiger charge is -2.13. The van der Waals surface area contributed by atoms with Crippen molar-refractivity contribution >= 4 is 17.2 Å². The van der Waals surface area contributed by atoms with E-state index in [4.69, 9.17) is 0 Å². The molecule has 0 atom stereocenters. The fourth-order valence-corrected chi connectivity index (χ4v) is 2.92. The van der Waals surface area contributed by atoms with Crippen molar-refractivity contribution in [3.63, 3.8) is 0 Å². The Morgan fingerprint density at radius 2 is 2.26 bits per heavy atom. The number of anilines is 1. The van der Waals surface area contributed by atoms with Gasteiger partial charge in [-0.25, -0.2) is 4.39 Å². The summed E-state index contributed by atoms with van der Waals surface area (Å²) in [7, 11) is 0. The minimum atomic E-state index is -0.689. The van der Waals surface area contributed by atoms with E-state index >= 15 is 0 Å². The maximum absolute atomic E-state index is 13.7.